The Hall–Kier alpha value is -1.26. The second-order valence-electron chi connectivity index (χ2n) is 4.98. The number of aryl methyl sites for hydroxylation is 1. The molecule has 1 aromatic carbocycles. The molecule has 0 saturated carbocycles. The molecule has 2 N–H and O–H groups in total. The van der Waals surface area contributed by atoms with Crippen LogP contribution in [0.4, 0.5) is 5.82 Å². The van der Waals surface area contributed by atoms with Gasteiger partial charge in [-0.25, -0.2) is 9.97 Å². The highest BCUT2D eigenvalue weighted by atomic mass is 35.5. The van der Waals surface area contributed by atoms with Crippen molar-refractivity contribution >= 4 is 29.2 Å². The van der Waals surface area contributed by atoms with Gasteiger partial charge < -0.3 is 5.73 Å². The number of nitrogens with zero attached hydrogens (tertiary/aromatic N) is 2. The summed E-state index contributed by atoms with van der Waals surface area (Å²) in [5.41, 5.74) is 9.50. The molecule has 0 radical (unpaired) electrons. The van der Waals surface area contributed by atoms with Crippen LogP contribution in [0.1, 0.15) is 29.2 Å². The summed E-state index contributed by atoms with van der Waals surface area (Å²) in [4.78, 5) is 8.93. The standard InChI is InChI=1S/C15H16ClN3S/c1-20-15-18-13-7-6-9(8-11(13)14(17)19-15)10-4-2-3-5-12(10)16/h2-5,9H,6-8H2,1H3,(H2,17,18,19). The van der Waals surface area contributed by atoms with Crippen LogP contribution in [0.2, 0.25) is 5.02 Å². The first-order valence-electron chi connectivity index (χ1n) is 6.62. The highest BCUT2D eigenvalue weighted by Crippen LogP contribution is 2.37. The largest absolute Gasteiger partial charge is 0.383 e. The van der Waals surface area contributed by atoms with Crippen molar-refractivity contribution in [2.24, 2.45) is 0 Å². The van der Waals surface area contributed by atoms with E-state index < -0.39 is 0 Å². The maximum Gasteiger partial charge on any atom is 0.189 e. The zero-order valence-electron chi connectivity index (χ0n) is 11.3. The molecule has 0 spiro atoms. The molecule has 1 aliphatic carbocycles. The number of halogens is 1. The Balaban J connectivity index is 1.95. The van der Waals surface area contributed by atoms with Gasteiger partial charge in [0.1, 0.15) is 5.82 Å². The van der Waals surface area contributed by atoms with Crippen molar-refractivity contribution in [1.82, 2.24) is 9.97 Å². The monoisotopic (exact) mass is 305 g/mol. The van der Waals surface area contributed by atoms with Crippen LogP contribution in [0.5, 0.6) is 0 Å². The van der Waals surface area contributed by atoms with Gasteiger partial charge in [-0.05, 0) is 43.1 Å². The van der Waals surface area contributed by atoms with E-state index in [4.69, 9.17) is 17.3 Å². The lowest BCUT2D eigenvalue weighted by Gasteiger charge is -2.25. The van der Waals surface area contributed by atoms with E-state index in [1.807, 2.05) is 24.5 Å². The number of hydrogen-bond donors (Lipinski definition) is 1. The summed E-state index contributed by atoms with van der Waals surface area (Å²) in [7, 11) is 0. The molecule has 0 aliphatic heterocycles. The summed E-state index contributed by atoms with van der Waals surface area (Å²) in [6.07, 6.45) is 4.84. The quantitative estimate of drug-likeness (QED) is 0.679. The summed E-state index contributed by atoms with van der Waals surface area (Å²) in [5, 5.41) is 1.60. The van der Waals surface area contributed by atoms with Crippen LogP contribution in [-0.2, 0) is 12.8 Å². The summed E-state index contributed by atoms with van der Waals surface area (Å²) >= 11 is 7.84. The molecular formula is C15H16ClN3S. The van der Waals surface area contributed by atoms with Crippen molar-refractivity contribution in [2.75, 3.05) is 12.0 Å². The highest BCUT2D eigenvalue weighted by molar-refractivity contribution is 7.98. The molecule has 0 fully saturated rings. The predicted octanol–water partition coefficient (Wildman–Crippen LogP) is 3.71. The lowest BCUT2D eigenvalue weighted by Crippen LogP contribution is -2.18. The Bertz CT molecular complexity index is 645. The van der Waals surface area contributed by atoms with Gasteiger partial charge in [0.05, 0.1) is 5.69 Å². The van der Waals surface area contributed by atoms with Crippen molar-refractivity contribution in [3.05, 3.63) is 46.1 Å². The van der Waals surface area contributed by atoms with Crippen molar-refractivity contribution in [2.45, 2.75) is 30.3 Å². The smallest absolute Gasteiger partial charge is 0.189 e. The normalized spacial score (nSPS) is 17.8. The number of nitrogen functional groups attached to an aromatic ring is 1. The number of aromatic nitrogens is 2. The molecule has 1 atom stereocenters. The molecule has 2 aromatic rings. The number of nitrogens with two attached hydrogens (primary N) is 1. The minimum atomic E-state index is 0.405. The third-order valence-corrected chi connectivity index (χ3v) is 4.70. The molecule has 0 saturated heterocycles. The molecule has 3 nitrogen and oxygen atoms in total. The lowest BCUT2D eigenvalue weighted by molar-refractivity contribution is 0.567. The molecule has 20 heavy (non-hydrogen) atoms. The third kappa shape index (κ3) is 2.50. The topological polar surface area (TPSA) is 51.8 Å². The maximum absolute atomic E-state index is 6.31. The van der Waals surface area contributed by atoms with Gasteiger partial charge in [0, 0.05) is 10.6 Å². The Morgan fingerprint density at radius 3 is 2.85 bits per heavy atom. The van der Waals surface area contributed by atoms with E-state index in [1.54, 1.807) is 0 Å². The van der Waals surface area contributed by atoms with Crippen LogP contribution in [0.3, 0.4) is 0 Å². The SMILES string of the molecule is CSc1nc(N)c2c(n1)CCC(c1ccccc1Cl)C2. The first kappa shape index (κ1) is 13.7. The van der Waals surface area contributed by atoms with E-state index >= 15 is 0 Å². The zero-order valence-corrected chi connectivity index (χ0v) is 12.8. The first-order valence-corrected chi connectivity index (χ1v) is 8.23. The molecule has 5 heteroatoms. The summed E-state index contributed by atoms with van der Waals surface area (Å²) in [6.45, 7) is 0. The minimum Gasteiger partial charge on any atom is -0.383 e. The molecule has 1 heterocycles. The van der Waals surface area contributed by atoms with Gasteiger partial charge in [0.2, 0.25) is 0 Å². The number of benzene rings is 1. The van der Waals surface area contributed by atoms with Gasteiger partial charge in [-0.1, -0.05) is 41.6 Å². The summed E-state index contributed by atoms with van der Waals surface area (Å²) in [6, 6.07) is 8.05. The van der Waals surface area contributed by atoms with E-state index in [2.05, 4.69) is 16.0 Å². The van der Waals surface area contributed by atoms with E-state index in [0.29, 0.717) is 11.7 Å². The Labute approximate surface area is 128 Å². The average Bonchev–Trinajstić information content (AvgIpc) is 2.47. The minimum absolute atomic E-state index is 0.405. The fourth-order valence-electron chi connectivity index (χ4n) is 2.78. The highest BCUT2D eigenvalue weighted by Gasteiger charge is 2.25. The van der Waals surface area contributed by atoms with Crippen LogP contribution in [0.15, 0.2) is 29.4 Å². The second kappa shape index (κ2) is 5.62. The fraction of sp³-hybridized carbons (Fsp3) is 0.333. The van der Waals surface area contributed by atoms with Gasteiger partial charge in [-0.15, -0.1) is 0 Å². The molecule has 0 amide bonds. The Morgan fingerprint density at radius 1 is 1.30 bits per heavy atom. The van der Waals surface area contributed by atoms with E-state index in [9.17, 15) is 0 Å². The lowest BCUT2D eigenvalue weighted by atomic mass is 9.82. The summed E-state index contributed by atoms with van der Waals surface area (Å²) in [5.74, 6) is 1.03. The average molecular weight is 306 g/mol. The first-order chi connectivity index (χ1) is 9.69. The van der Waals surface area contributed by atoms with Crippen LogP contribution in [-0.4, -0.2) is 16.2 Å². The number of anilines is 1. The van der Waals surface area contributed by atoms with Crippen LogP contribution < -0.4 is 5.73 Å². The molecular weight excluding hydrogens is 290 g/mol. The molecule has 0 bridgehead atoms. The number of hydrogen-bond acceptors (Lipinski definition) is 4. The van der Waals surface area contributed by atoms with Crippen molar-refractivity contribution in [1.29, 1.82) is 0 Å². The Morgan fingerprint density at radius 2 is 2.10 bits per heavy atom. The van der Waals surface area contributed by atoms with Gasteiger partial charge in [0.25, 0.3) is 0 Å². The van der Waals surface area contributed by atoms with Gasteiger partial charge >= 0.3 is 0 Å². The third-order valence-electron chi connectivity index (χ3n) is 3.81. The molecule has 1 unspecified atom stereocenters. The summed E-state index contributed by atoms with van der Waals surface area (Å²) < 4.78 is 0. The van der Waals surface area contributed by atoms with Crippen molar-refractivity contribution in [3.8, 4) is 0 Å². The fourth-order valence-corrected chi connectivity index (χ4v) is 3.46. The van der Waals surface area contributed by atoms with Crippen molar-refractivity contribution in [3.63, 3.8) is 0 Å². The van der Waals surface area contributed by atoms with Gasteiger partial charge in [-0.3, -0.25) is 0 Å². The number of rotatable bonds is 2. The number of fused-ring (bicyclic) bond motifs is 1. The van der Waals surface area contributed by atoms with Crippen LogP contribution >= 0.6 is 23.4 Å². The van der Waals surface area contributed by atoms with Gasteiger partial charge in [0.15, 0.2) is 5.16 Å². The Kier molecular flexibility index (Phi) is 3.85. The maximum atomic E-state index is 6.31. The van der Waals surface area contributed by atoms with Crippen molar-refractivity contribution < 1.29 is 0 Å². The molecule has 1 aliphatic rings. The zero-order chi connectivity index (χ0) is 14.1. The number of thioether (sulfide) groups is 1. The van der Waals surface area contributed by atoms with E-state index in [1.165, 1.54) is 17.3 Å². The van der Waals surface area contributed by atoms with E-state index in [0.717, 1.165) is 40.7 Å². The van der Waals surface area contributed by atoms with Crippen LogP contribution in [0, 0.1) is 0 Å². The molecule has 1 aromatic heterocycles. The molecule has 3 rings (SSSR count). The predicted molar refractivity (Wildman–Crippen MR) is 84.4 cm³/mol. The van der Waals surface area contributed by atoms with Gasteiger partial charge in [-0.2, -0.15) is 0 Å². The molecule has 104 valence electrons. The van der Waals surface area contributed by atoms with Crippen LogP contribution in [0.25, 0.3) is 0 Å². The van der Waals surface area contributed by atoms with E-state index in [-0.39, 0.29) is 0 Å². The second-order valence-corrected chi connectivity index (χ2v) is 6.16.